The van der Waals surface area contributed by atoms with Crippen molar-refractivity contribution in [2.75, 3.05) is 0 Å². The fourth-order valence-electron chi connectivity index (χ4n) is 4.09. The van der Waals surface area contributed by atoms with Crippen LogP contribution in [0.3, 0.4) is 0 Å². The lowest BCUT2D eigenvalue weighted by atomic mass is 9.93. The highest BCUT2D eigenvalue weighted by atomic mass is 16.3. The highest BCUT2D eigenvalue weighted by Crippen LogP contribution is 2.20. The molecule has 0 spiro atoms. The molecule has 2 rings (SSSR count). The molecule has 0 saturated heterocycles. The SMILES string of the molecule is CCCCCCCCCCCCCC(O)Cc1ccccc1C(=O)c1ccc(O)cc1. The van der Waals surface area contributed by atoms with Gasteiger partial charge in [-0.05, 0) is 42.7 Å². The number of phenols is 1. The van der Waals surface area contributed by atoms with Gasteiger partial charge in [0.1, 0.15) is 5.75 Å². The molecule has 3 heteroatoms. The summed E-state index contributed by atoms with van der Waals surface area (Å²) >= 11 is 0. The first-order valence-electron chi connectivity index (χ1n) is 12.2. The highest BCUT2D eigenvalue weighted by Gasteiger charge is 2.15. The van der Waals surface area contributed by atoms with Gasteiger partial charge in [-0.15, -0.1) is 0 Å². The second-order valence-corrected chi connectivity index (χ2v) is 8.72. The van der Waals surface area contributed by atoms with Crippen molar-refractivity contribution in [3.05, 3.63) is 65.2 Å². The Morgan fingerprint density at radius 1 is 0.774 bits per heavy atom. The van der Waals surface area contributed by atoms with Crippen molar-refractivity contribution in [1.29, 1.82) is 0 Å². The van der Waals surface area contributed by atoms with E-state index in [4.69, 9.17) is 0 Å². The predicted octanol–water partition coefficient (Wildman–Crippen LogP) is 7.23. The summed E-state index contributed by atoms with van der Waals surface area (Å²) in [5, 5.41) is 20.0. The minimum Gasteiger partial charge on any atom is -0.508 e. The number of phenolic OH excluding ortho intramolecular Hbond substituents is 1. The van der Waals surface area contributed by atoms with Crippen LogP contribution < -0.4 is 0 Å². The fourth-order valence-corrected chi connectivity index (χ4v) is 4.09. The molecule has 1 atom stereocenters. The maximum atomic E-state index is 12.9. The zero-order valence-electron chi connectivity index (χ0n) is 19.2. The smallest absolute Gasteiger partial charge is 0.193 e. The number of hydrogen-bond donors (Lipinski definition) is 2. The van der Waals surface area contributed by atoms with Gasteiger partial charge in [-0.25, -0.2) is 0 Å². The van der Waals surface area contributed by atoms with E-state index in [-0.39, 0.29) is 11.5 Å². The lowest BCUT2D eigenvalue weighted by Gasteiger charge is -2.14. The molecule has 0 saturated carbocycles. The van der Waals surface area contributed by atoms with Crippen LogP contribution in [-0.2, 0) is 6.42 Å². The number of carbonyl (C=O) groups is 1. The third-order valence-electron chi connectivity index (χ3n) is 5.99. The normalized spacial score (nSPS) is 12.1. The fraction of sp³-hybridized carbons (Fsp3) is 0.536. The van der Waals surface area contributed by atoms with E-state index in [1.165, 1.54) is 76.3 Å². The van der Waals surface area contributed by atoms with Gasteiger partial charge in [-0.3, -0.25) is 4.79 Å². The Hall–Kier alpha value is -2.13. The van der Waals surface area contributed by atoms with Gasteiger partial charge >= 0.3 is 0 Å². The average molecular weight is 425 g/mol. The maximum absolute atomic E-state index is 12.9. The standard InChI is InChI=1S/C28H40O3/c1-2-3-4-5-6-7-8-9-10-11-12-16-26(30)22-24-15-13-14-17-27(24)28(31)23-18-20-25(29)21-19-23/h13-15,17-21,26,29-30H,2-12,16,22H2,1H3. The second kappa shape index (κ2) is 14.8. The van der Waals surface area contributed by atoms with E-state index in [0.717, 1.165) is 18.4 Å². The van der Waals surface area contributed by atoms with E-state index in [1.54, 1.807) is 12.1 Å². The number of benzene rings is 2. The van der Waals surface area contributed by atoms with Crippen molar-refractivity contribution < 1.29 is 15.0 Å². The Bertz CT molecular complexity index is 751. The van der Waals surface area contributed by atoms with Crippen molar-refractivity contribution in [3.8, 4) is 5.75 Å². The topological polar surface area (TPSA) is 57.5 Å². The molecule has 0 radical (unpaired) electrons. The quantitative estimate of drug-likeness (QED) is 0.221. The molecule has 0 aliphatic heterocycles. The molecule has 0 amide bonds. The zero-order chi connectivity index (χ0) is 22.3. The summed E-state index contributed by atoms with van der Waals surface area (Å²) in [7, 11) is 0. The molecule has 0 fully saturated rings. The van der Waals surface area contributed by atoms with Crippen LogP contribution in [0.25, 0.3) is 0 Å². The molecule has 0 aliphatic rings. The number of aromatic hydroxyl groups is 1. The Morgan fingerprint density at radius 2 is 1.32 bits per heavy atom. The Morgan fingerprint density at radius 3 is 1.94 bits per heavy atom. The van der Waals surface area contributed by atoms with E-state index in [0.29, 0.717) is 17.5 Å². The first kappa shape index (κ1) is 25.1. The van der Waals surface area contributed by atoms with E-state index >= 15 is 0 Å². The molecule has 2 aromatic rings. The molecule has 3 nitrogen and oxygen atoms in total. The van der Waals surface area contributed by atoms with Crippen molar-refractivity contribution in [3.63, 3.8) is 0 Å². The Labute approximate surface area is 188 Å². The van der Waals surface area contributed by atoms with Crippen LogP contribution in [-0.4, -0.2) is 22.1 Å². The van der Waals surface area contributed by atoms with Gasteiger partial charge in [0.25, 0.3) is 0 Å². The van der Waals surface area contributed by atoms with Crippen molar-refractivity contribution >= 4 is 5.78 Å². The third-order valence-corrected chi connectivity index (χ3v) is 5.99. The van der Waals surface area contributed by atoms with Gasteiger partial charge in [0.05, 0.1) is 6.10 Å². The number of aliphatic hydroxyl groups excluding tert-OH is 1. The lowest BCUT2D eigenvalue weighted by Crippen LogP contribution is -2.14. The van der Waals surface area contributed by atoms with Gasteiger partial charge < -0.3 is 10.2 Å². The Kier molecular flexibility index (Phi) is 12.0. The number of hydrogen-bond acceptors (Lipinski definition) is 3. The number of rotatable bonds is 16. The van der Waals surface area contributed by atoms with Gasteiger partial charge in [-0.1, -0.05) is 102 Å². The third kappa shape index (κ3) is 9.69. The molecule has 170 valence electrons. The first-order chi connectivity index (χ1) is 15.1. The van der Waals surface area contributed by atoms with Crippen LogP contribution in [0.4, 0.5) is 0 Å². The van der Waals surface area contributed by atoms with Crippen LogP contribution in [0.1, 0.15) is 105 Å². The number of unbranched alkanes of at least 4 members (excludes halogenated alkanes) is 10. The number of ketones is 1. The van der Waals surface area contributed by atoms with Crippen molar-refractivity contribution in [2.24, 2.45) is 0 Å². The van der Waals surface area contributed by atoms with E-state index in [2.05, 4.69) is 6.92 Å². The molecule has 2 N–H and O–H groups in total. The average Bonchev–Trinajstić information content (AvgIpc) is 2.78. The minimum atomic E-state index is -0.424. The second-order valence-electron chi connectivity index (χ2n) is 8.72. The highest BCUT2D eigenvalue weighted by molar-refractivity contribution is 6.09. The summed E-state index contributed by atoms with van der Waals surface area (Å²) < 4.78 is 0. The summed E-state index contributed by atoms with van der Waals surface area (Å²) in [6, 6.07) is 13.8. The number of carbonyl (C=O) groups excluding carboxylic acids is 1. The zero-order valence-corrected chi connectivity index (χ0v) is 19.2. The van der Waals surface area contributed by atoms with E-state index in [9.17, 15) is 15.0 Å². The van der Waals surface area contributed by atoms with Gasteiger partial charge in [0, 0.05) is 11.1 Å². The first-order valence-corrected chi connectivity index (χ1v) is 12.2. The molecule has 0 bridgehead atoms. The molecule has 0 heterocycles. The van der Waals surface area contributed by atoms with Crippen LogP contribution in [0.5, 0.6) is 5.75 Å². The minimum absolute atomic E-state index is 0.0718. The summed E-state index contributed by atoms with van der Waals surface area (Å²) in [4.78, 5) is 12.9. The molecular formula is C28H40O3. The predicted molar refractivity (Wildman–Crippen MR) is 129 cm³/mol. The van der Waals surface area contributed by atoms with Crippen LogP contribution in [0, 0.1) is 0 Å². The van der Waals surface area contributed by atoms with Crippen molar-refractivity contribution in [2.45, 2.75) is 96.5 Å². The molecule has 0 aromatic heterocycles. The summed E-state index contributed by atoms with van der Waals surface area (Å²) in [6.45, 7) is 2.26. The van der Waals surface area contributed by atoms with E-state index < -0.39 is 6.10 Å². The Balaban J connectivity index is 1.68. The summed E-state index contributed by atoms with van der Waals surface area (Å²) in [5.41, 5.74) is 2.06. The lowest BCUT2D eigenvalue weighted by molar-refractivity contribution is 0.103. The maximum Gasteiger partial charge on any atom is 0.193 e. The monoisotopic (exact) mass is 424 g/mol. The summed E-state index contributed by atoms with van der Waals surface area (Å²) in [5.74, 6) is 0.0738. The van der Waals surface area contributed by atoms with Crippen LogP contribution >= 0.6 is 0 Å². The van der Waals surface area contributed by atoms with Gasteiger partial charge in [0.2, 0.25) is 0 Å². The van der Waals surface area contributed by atoms with E-state index in [1.807, 2.05) is 24.3 Å². The molecule has 31 heavy (non-hydrogen) atoms. The van der Waals surface area contributed by atoms with Crippen molar-refractivity contribution in [1.82, 2.24) is 0 Å². The molecular weight excluding hydrogens is 384 g/mol. The molecule has 2 aromatic carbocycles. The number of aliphatic hydroxyl groups is 1. The van der Waals surface area contributed by atoms with Gasteiger partial charge in [-0.2, -0.15) is 0 Å². The summed E-state index contributed by atoms with van der Waals surface area (Å²) in [6.07, 6.45) is 15.1. The largest absolute Gasteiger partial charge is 0.508 e. The van der Waals surface area contributed by atoms with Crippen LogP contribution in [0.15, 0.2) is 48.5 Å². The van der Waals surface area contributed by atoms with Gasteiger partial charge in [0.15, 0.2) is 5.78 Å². The molecule has 0 aliphatic carbocycles. The molecule has 1 unspecified atom stereocenters. The van der Waals surface area contributed by atoms with Crippen LogP contribution in [0.2, 0.25) is 0 Å².